The van der Waals surface area contributed by atoms with Gasteiger partial charge >= 0.3 is 0 Å². The summed E-state index contributed by atoms with van der Waals surface area (Å²) in [6, 6.07) is 3.23. The van der Waals surface area contributed by atoms with Gasteiger partial charge in [0.2, 0.25) is 0 Å². The van der Waals surface area contributed by atoms with Crippen LogP contribution in [0.15, 0.2) is 0 Å². The van der Waals surface area contributed by atoms with Crippen LogP contribution in [0, 0.1) is 11.3 Å². The molecule has 0 aromatic heterocycles. The van der Waals surface area contributed by atoms with Gasteiger partial charge in [0.05, 0.1) is 12.5 Å². The Hall–Kier alpha value is -0.590. The molecule has 0 amide bonds. The number of hydrogen-bond acceptors (Lipinski definition) is 3. The van der Waals surface area contributed by atoms with E-state index in [4.69, 9.17) is 5.26 Å². The molecule has 1 fully saturated rings. The van der Waals surface area contributed by atoms with Crippen molar-refractivity contribution in [3.05, 3.63) is 0 Å². The number of likely N-dealkylation sites (N-methyl/N-ethyl adjacent to an activating group) is 1. The third-order valence-corrected chi connectivity index (χ3v) is 2.93. The van der Waals surface area contributed by atoms with Gasteiger partial charge in [-0.2, -0.15) is 5.26 Å². The molecule has 0 saturated carbocycles. The van der Waals surface area contributed by atoms with E-state index in [1.807, 2.05) is 0 Å². The first kappa shape index (κ1) is 10.5. The smallest absolute Gasteiger partial charge is 0.0638 e. The van der Waals surface area contributed by atoms with Crippen LogP contribution in [0.2, 0.25) is 0 Å². The van der Waals surface area contributed by atoms with E-state index in [9.17, 15) is 0 Å². The molecule has 3 heteroatoms. The Kier molecular flexibility index (Phi) is 4.20. The fourth-order valence-corrected chi connectivity index (χ4v) is 1.82. The molecule has 0 spiro atoms. The van der Waals surface area contributed by atoms with E-state index in [0.29, 0.717) is 18.5 Å². The second-order valence-electron chi connectivity index (χ2n) is 3.88. The van der Waals surface area contributed by atoms with Crippen molar-refractivity contribution in [1.29, 1.82) is 5.26 Å². The van der Waals surface area contributed by atoms with Gasteiger partial charge in [-0.15, -0.1) is 0 Å². The largest absolute Gasteiger partial charge is 0.315 e. The van der Waals surface area contributed by atoms with Gasteiger partial charge < -0.3 is 5.32 Å². The SMILES string of the molecule is CC(CC#N)N(C)C1CCCNC1. The number of nitrogens with one attached hydrogen (secondary N) is 1. The topological polar surface area (TPSA) is 39.1 Å². The summed E-state index contributed by atoms with van der Waals surface area (Å²) in [4.78, 5) is 2.33. The Labute approximate surface area is 80.7 Å². The summed E-state index contributed by atoms with van der Waals surface area (Å²) in [6.45, 7) is 4.35. The maximum Gasteiger partial charge on any atom is 0.0638 e. The van der Waals surface area contributed by atoms with Gasteiger partial charge in [-0.05, 0) is 33.4 Å². The van der Waals surface area contributed by atoms with E-state index in [1.165, 1.54) is 12.8 Å². The maximum absolute atomic E-state index is 8.59. The second kappa shape index (κ2) is 5.21. The highest BCUT2D eigenvalue weighted by Crippen LogP contribution is 2.12. The lowest BCUT2D eigenvalue weighted by Gasteiger charge is -2.35. The van der Waals surface area contributed by atoms with Gasteiger partial charge in [0.25, 0.3) is 0 Å². The van der Waals surface area contributed by atoms with Crippen LogP contribution in [-0.2, 0) is 0 Å². The minimum atomic E-state index is 0.384. The normalized spacial score (nSPS) is 25.5. The van der Waals surface area contributed by atoms with E-state index in [0.717, 1.165) is 13.1 Å². The molecule has 1 saturated heterocycles. The Morgan fingerprint density at radius 2 is 2.46 bits per heavy atom. The van der Waals surface area contributed by atoms with Crippen LogP contribution in [0.5, 0.6) is 0 Å². The minimum absolute atomic E-state index is 0.384. The monoisotopic (exact) mass is 181 g/mol. The lowest BCUT2D eigenvalue weighted by molar-refractivity contribution is 0.157. The van der Waals surface area contributed by atoms with Crippen molar-refractivity contribution in [2.75, 3.05) is 20.1 Å². The molecule has 0 aliphatic carbocycles. The van der Waals surface area contributed by atoms with Crippen molar-refractivity contribution in [3.63, 3.8) is 0 Å². The van der Waals surface area contributed by atoms with Gasteiger partial charge in [-0.1, -0.05) is 0 Å². The van der Waals surface area contributed by atoms with Gasteiger partial charge in [-0.3, -0.25) is 4.90 Å². The maximum atomic E-state index is 8.59. The predicted molar refractivity (Wildman–Crippen MR) is 53.3 cm³/mol. The predicted octanol–water partition coefficient (Wildman–Crippen LogP) is 0.972. The van der Waals surface area contributed by atoms with Crippen LogP contribution in [0.1, 0.15) is 26.2 Å². The van der Waals surface area contributed by atoms with E-state index in [1.54, 1.807) is 0 Å². The summed E-state index contributed by atoms with van der Waals surface area (Å²) in [5, 5.41) is 12.0. The zero-order valence-electron chi connectivity index (χ0n) is 8.58. The van der Waals surface area contributed by atoms with Gasteiger partial charge in [-0.25, -0.2) is 0 Å². The Bertz CT molecular complexity index is 179. The van der Waals surface area contributed by atoms with Crippen LogP contribution in [0.3, 0.4) is 0 Å². The highest BCUT2D eigenvalue weighted by Gasteiger charge is 2.21. The molecule has 1 aliphatic rings. The van der Waals surface area contributed by atoms with Crippen molar-refractivity contribution in [2.24, 2.45) is 0 Å². The molecule has 1 heterocycles. The standard InChI is InChI=1S/C10H19N3/c1-9(5-6-11)13(2)10-4-3-7-12-8-10/h9-10,12H,3-5,7-8H2,1-2H3. The molecule has 0 aromatic carbocycles. The van der Waals surface area contributed by atoms with Crippen molar-refractivity contribution in [2.45, 2.75) is 38.3 Å². The summed E-state index contributed by atoms with van der Waals surface area (Å²) < 4.78 is 0. The molecule has 0 aromatic rings. The van der Waals surface area contributed by atoms with Crippen LogP contribution in [0.25, 0.3) is 0 Å². The molecule has 1 N–H and O–H groups in total. The average Bonchev–Trinajstić information content (AvgIpc) is 2.18. The Balaban J connectivity index is 2.36. The number of piperidine rings is 1. The molecule has 0 radical (unpaired) electrons. The van der Waals surface area contributed by atoms with E-state index < -0.39 is 0 Å². The van der Waals surface area contributed by atoms with Crippen molar-refractivity contribution in [3.8, 4) is 6.07 Å². The van der Waals surface area contributed by atoms with Crippen LogP contribution in [-0.4, -0.2) is 37.1 Å². The van der Waals surface area contributed by atoms with Gasteiger partial charge in [0.15, 0.2) is 0 Å². The zero-order chi connectivity index (χ0) is 9.68. The van der Waals surface area contributed by atoms with Gasteiger partial charge in [0.1, 0.15) is 0 Å². The van der Waals surface area contributed by atoms with Crippen LogP contribution in [0.4, 0.5) is 0 Å². The molecule has 2 atom stereocenters. The number of nitrogens with zero attached hydrogens (tertiary/aromatic N) is 2. The molecule has 0 bridgehead atoms. The lowest BCUT2D eigenvalue weighted by atomic mass is 10.0. The first-order valence-corrected chi connectivity index (χ1v) is 5.05. The van der Waals surface area contributed by atoms with Crippen LogP contribution < -0.4 is 5.32 Å². The van der Waals surface area contributed by atoms with E-state index in [-0.39, 0.29) is 0 Å². The first-order chi connectivity index (χ1) is 6.25. The molecule has 13 heavy (non-hydrogen) atoms. The Morgan fingerprint density at radius 3 is 3.00 bits per heavy atom. The highest BCUT2D eigenvalue weighted by atomic mass is 15.2. The number of nitriles is 1. The molecular weight excluding hydrogens is 162 g/mol. The highest BCUT2D eigenvalue weighted by molar-refractivity contribution is 4.84. The third-order valence-electron chi connectivity index (χ3n) is 2.93. The first-order valence-electron chi connectivity index (χ1n) is 5.05. The zero-order valence-corrected chi connectivity index (χ0v) is 8.58. The van der Waals surface area contributed by atoms with Crippen LogP contribution >= 0.6 is 0 Å². The van der Waals surface area contributed by atoms with E-state index in [2.05, 4.69) is 30.3 Å². The summed E-state index contributed by atoms with van der Waals surface area (Å²) in [7, 11) is 2.12. The summed E-state index contributed by atoms with van der Waals surface area (Å²) in [5.41, 5.74) is 0. The molecule has 3 nitrogen and oxygen atoms in total. The molecule has 2 unspecified atom stereocenters. The Morgan fingerprint density at radius 1 is 1.69 bits per heavy atom. The van der Waals surface area contributed by atoms with Crippen molar-refractivity contribution in [1.82, 2.24) is 10.2 Å². The fourth-order valence-electron chi connectivity index (χ4n) is 1.82. The summed E-state index contributed by atoms with van der Waals surface area (Å²) in [6.07, 6.45) is 3.15. The fraction of sp³-hybridized carbons (Fsp3) is 0.900. The van der Waals surface area contributed by atoms with Crippen molar-refractivity contribution >= 4 is 0 Å². The number of hydrogen-bond donors (Lipinski definition) is 1. The summed E-state index contributed by atoms with van der Waals surface area (Å²) >= 11 is 0. The second-order valence-corrected chi connectivity index (χ2v) is 3.88. The quantitative estimate of drug-likeness (QED) is 0.705. The molecule has 1 aliphatic heterocycles. The molecule has 74 valence electrons. The lowest BCUT2D eigenvalue weighted by Crippen LogP contribution is -2.47. The van der Waals surface area contributed by atoms with E-state index >= 15 is 0 Å². The van der Waals surface area contributed by atoms with Gasteiger partial charge in [0, 0.05) is 18.6 Å². The minimum Gasteiger partial charge on any atom is -0.315 e. The van der Waals surface area contributed by atoms with Crippen molar-refractivity contribution < 1.29 is 0 Å². The molecular formula is C10H19N3. The number of rotatable bonds is 3. The molecule has 1 rings (SSSR count). The average molecular weight is 181 g/mol. The summed E-state index contributed by atoms with van der Waals surface area (Å²) in [5.74, 6) is 0. The third kappa shape index (κ3) is 2.98.